The van der Waals surface area contributed by atoms with Gasteiger partial charge in [0, 0.05) is 24.1 Å². The van der Waals surface area contributed by atoms with Gasteiger partial charge in [-0.1, -0.05) is 24.3 Å². The Morgan fingerprint density at radius 2 is 1.89 bits per heavy atom. The van der Waals surface area contributed by atoms with Crippen molar-refractivity contribution in [3.8, 4) is 17.5 Å². The number of aryl methyl sites for hydroxylation is 1. The van der Waals surface area contributed by atoms with Crippen LogP contribution in [0.5, 0.6) is 17.5 Å². The van der Waals surface area contributed by atoms with Gasteiger partial charge in [0.05, 0.1) is 36.3 Å². The molecule has 0 unspecified atom stereocenters. The molecule has 0 aliphatic heterocycles. The van der Waals surface area contributed by atoms with Crippen molar-refractivity contribution in [2.75, 3.05) is 12.4 Å². The molecular formula is C26H21N9O2. The predicted octanol–water partition coefficient (Wildman–Crippen LogP) is 4.57. The maximum atomic E-state index is 6.12. The summed E-state index contributed by atoms with van der Waals surface area (Å²) in [5.41, 5.74) is 4.71. The standard InChI is InChI=1S/C26H21N9O2/c1-36-21-9-7-18(31-25-27-11-16-13-29-34-23(16)32-25)10-22(21)37-26-28-12-17-14-30-35(24(17)33-26)20-8-6-15-4-2-3-5-19(15)20/h2-5,7,9-14,20H,6,8H2,1H3,(H2,27,29,31,32,34)/t20-/m1/s1. The number of benzene rings is 2. The number of aromatic nitrogens is 8. The number of H-pyrrole nitrogens is 1. The fourth-order valence-electron chi connectivity index (χ4n) is 4.75. The van der Waals surface area contributed by atoms with Crippen molar-refractivity contribution in [3.05, 3.63) is 78.4 Å². The number of nitrogens with zero attached hydrogens (tertiary/aromatic N) is 7. The minimum absolute atomic E-state index is 0.130. The normalized spacial score (nSPS) is 14.7. The number of anilines is 2. The first-order valence-electron chi connectivity index (χ1n) is 11.8. The highest BCUT2D eigenvalue weighted by Gasteiger charge is 2.26. The van der Waals surface area contributed by atoms with Gasteiger partial charge in [0.15, 0.2) is 22.8 Å². The van der Waals surface area contributed by atoms with Gasteiger partial charge in [0.1, 0.15) is 0 Å². The summed E-state index contributed by atoms with van der Waals surface area (Å²) in [4.78, 5) is 17.9. The van der Waals surface area contributed by atoms with Crippen molar-refractivity contribution >= 4 is 33.7 Å². The van der Waals surface area contributed by atoms with E-state index >= 15 is 0 Å². The molecule has 182 valence electrons. The first-order chi connectivity index (χ1) is 18.2. The Morgan fingerprint density at radius 3 is 2.84 bits per heavy atom. The lowest BCUT2D eigenvalue weighted by atomic mass is 10.1. The molecule has 0 bridgehead atoms. The van der Waals surface area contributed by atoms with Crippen LogP contribution in [-0.2, 0) is 6.42 Å². The summed E-state index contributed by atoms with van der Waals surface area (Å²) in [6.45, 7) is 0. The van der Waals surface area contributed by atoms with Crippen molar-refractivity contribution in [3.63, 3.8) is 0 Å². The summed E-state index contributed by atoms with van der Waals surface area (Å²) in [5.74, 6) is 1.41. The highest BCUT2D eigenvalue weighted by Crippen LogP contribution is 2.37. The minimum Gasteiger partial charge on any atom is -0.493 e. The molecule has 1 aliphatic carbocycles. The summed E-state index contributed by atoms with van der Waals surface area (Å²) in [6.07, 6.45) is 8.89. The molecule has 6 aromatic rings. The first kappa shape index (κ1) is 21.2. The van der Waals surface area contributed by atoms with Crippen molar-refractivity contribution in [2.24, 2.45) is 0 Å². The molecule has 37 heavy (non-hydrogen) atoms. The Kier molecular flexibility index (Phi) is 4.91. The van der Waals surface area contributed by atoms with Crippen LogP contribution >= 0.6 is 0 Å². The van der Waals surface area contributed by atoms with Gasteiger partial charge in [0.25, 0.3) is 0 Å². The van der Waals surface area contributed by atoms with E-state index in [9.17, 15) is 0 Å². The van der Waals surface area contributed by atoms with E-state index in [1.807, 2.05) is 10.7 Å². The Hall–Kier alpha value is -5.06. The van der Waals surface area contributed by atoms with E-state index in [0.29, 0.717) is 28.8 Å². The lowest BCUT2D eigenvalue weighted by molar-refractivity contribution is 0.368. The highest BCUT2D eigenvalue weighted by atomic mass is 16.5. The SMILES string of the molecule is COc1ccc(Nc2ncc3cn[nH]c3n2)cc1Oc1ncc2cnn([C@@H]3CCc4ccccc43)c2n1. The molecule has 0 saturated carbocycles. The zero-order valence-corrected chi connectivity index (χ0v) is 19.8. The van der Waals surface area contributed by atoms with Gasteiger partial charge in [-0.05, 0) is 36.1 Å². The monoisotopic (exact) mass is 491 g/mol. The zero-order valence-electron chi connectivity index (χ0n) is 19.8. The summed E-state index contributed by atoms with van der Waals surface area (Å²) in [5, 5.41) is 16.3. The number of fused-ring (bicyclic) bond motifs is 3. The van der Waals surface area contributed by atoms with E-state index in [2.05, 4.69) is 59.8 Å². The van der Waals surface area contributed by atoms with Crippen LogP contribution in [0, 0.1) is 0 Å². The van der Waals surface area contributed by atoms with Crippen molar-refractivity contribution in [1.82, 2.24) is 39.9 Å². The first-order valence-corrected chi connectivity index (χ1v) is 11.8. The highest BCUT2D eigenvalue weighted by molar-refractivity contribution is 5.75. The average Bonchev–Trinajstić information content (AvgIpc) is 3.66. The molecule has 7 rings (SSSR count). The largest absolute Gasteiger partial charge is 0.493 e. The third-order valence-corrected chi connectivity index (χ3v) is 6.52. The minimum atomic E-state index is 0.130. The number of ether oxygens (including phenoxy) is 2. The lowest BCUT2D eigenvalue weighted by Crippen LogP contribution is -2.10. The number of methoxy groups -OCH3 is 1. The van der Waals surface area contributed by atoms with Crippen LogP contribution in [0.25, 0.3) is 22.1 Å². The van der Waals surface area contributed by atoms with Crippen LogP contribution in [0.1, 0.15) is 23.6 Å². The van der Waals surface area contributed by atoms with Gasteiger partial charge in [-0.15, -0.1) is 0 Å². The number of nitrogens with one attached hydrogen (secondary N) is 2. The average molecular weight is 492 g/mol. The van der Waals surface area contributed by atoms with Gasteiger partial charge in [-0.2, -0.15) is 20.2 Å². The van der Waals surface area contributed by atoms with E-state index < -0.39 is 0 Å². The van der Waals surface area contributed by atoms with Crippen molar-refractivity contribution in [2.45, 2.75) is 18.9 Å². The van der Waals surface area contributed by atoms with Gasteiger partial charge in [0.2, 0.25) is 5.95 Å². The van der Waals surface area contributed by atoms with Crippen molar-refractivity contribution in [1.29, 1.82) is 0 Å². The van der Waals surface area contributed by atoms with Crippen LogP contribution in [0.15, 0.2) is 67.3 Å². The van der Waals surface area contributed by atoms with Crippen LogP contribution < -0.4 is 14.8 Å². The molecule has 1 atom stereocenters. The molecule has 0 spiro atoms. The Balaban J connectivity index is 1.20. The number of rotatable bonds is 6. The molecule has 0 saturated heterocycles. The molecule has 0 radical (unpaired) electrons. The summed E-state index contributed by atoms with van der Waals surface area (Å²) >= 11 is 0. The van der Waals surface area contributed by atoms with Crippen LogP contribution in [0.2, 0.25) is 0 Å². The smallest absolute Gasteiger partial charge is 0.324 e. The third kappa shape index (κ3) is 3.77. The van der Waals surface area contributed by atoms with Gasteiger partial charge >= 0.3 is 6.01 Å². The second kappa shape index (κ2) is 8.55. The van der Waals surface area contributed by atoms with Crippen LogP contribution in [0.4, 0.5) is 11.6 Å². The fourth-order valence-corrected chi connectivity index (χ4v) is 4.75. The molecule has 0 fully saturated rings. The molecule has 2 N–H and O–H groups in total. The molecule has 4 heterocycles. The quantitative estimate of drug-likeness (QED) is 0.344. The molecule has 11 heteroatoms. The van der Waals surface area contributed by atoms with Crippen LogP contribution in [0.3, 0.4) is 0 Å². The predicted molar refractivity (Wildman–Crippen MR) is 136 cm³/mol. The number of hydrogen-bond acceptors (Lipinski definition) is 9. The van der Waals surface area contributed by atoms with E-state index in [0.717, 1.165) is 29.3 Å². The molecular weight excluding hydrogens is 470 g/mol. The fraction of sp³-hybridized carbons (Fsp3) is 0.154. The number of hydrogen-bond donors (Lipinski definition) is 2. The third-order valence-electron chi connectivity index (χ3n) is 6.52. The van der Waals surface area contributed by atoms with Crippen LogP contribution in [-0.4, -0.2) is 47.0 Å². The Morgan fingerprint density at radius 1 is 0.973 bits per heavy atom. The van der Waals surface area contributed by atoms with E-state index in [-0.39, 0.29) is 12.1 Å². The van der Waals surface area contributed by atoms with E-state index in [4.69, 9.17) is 14.5 Å². The van der Waals surface area contributed by atoms with Crippen molar-refractivity contribution < 1.29 is 9.47 Å². The van der Waals surface area contributed by atoms with Gasteiger partial charge in [-0.25, -0.2) is 14.6 Å². The van der Waals surface area contributed by atoms with Gasteiger partial charge in [-0.3, -0.25) is 5.10 Å². The van der Waals surface area contributed by atoms with Gasteiger partial charge < -0.3 is 14.8 Å². The second-order valence-corrected chi connectivity index (χ2v) is 8.73. The van der Waals surface area contributed by atoms with E-state index in [1.165, 1.54) is 11.1 Å². The molecule has 2 aromatic carbocycles. The Bertz CT molecular complexity index is 1760. The molecule has 11 nitrogen and oxygen atoms in total. The molecule has 4 aromatic heterocycles. The zero-order chi connectivity index (χ0) is 24.8. The topological polar surface area (TPSA) is 129 Å². The summed E-state index contributed by atoms with van der Waals surface area (Å²) in [7, 11) is 1.58. The maximum absolute atomic E-state index is 6.12. The summed E-state index contributed by atoms with van der Waals surface area (Å²) in [6, 6.07) is 14.3. The van der Waals surface area contributed by atoms with E-state index in [1.54, 1.807) is 44.0 Å². The number of aromatic amines is 1. The molecule has 0 amide bonds. The summed E-state index contributed by atoms with van der Waals surface area (Å²) < 4.78 is 13.6. The second-order valence-electron chi connectivity index (χ2n) is 8.73. The maximum Gasteiger partial charge on any atom is 0.324 e. The lowest BCUT2D eigenvalue weighted by Gasteiger charge is -2.14. The Labute approximate surface area is 210 Å². The molecule has 1 aliphatic rings.